The van der Waals surface area contributed by atoms with Gasteiger partial charge >= 0.3 is 0 Å². The van der Waals surface area contributed by atoms with Crippen molar-refractivity contribution in [3.8, 4) is 0 Å². The van der Waals surface area contributed by atoms with Gasteiger partial charge in [-0.3, -0.25) is 9.67 Å². The van der Waals surface area contributed by atoms with Crippen LogP contribution < -0.4 is 5.32 Å². The van der Waals surface area contributed by atoms with Gasteiger partial charge in [-0.2, -0.15) is 5.10 Å². The minimum Gasteiger partial charge on any atom is -0.311 e. The Kier molecular flexibility index (Phi) is 5.99. The normalized spacial score (nSPS) is 12.7. The molecule has 4 nitrogen and oxygen atoms in total. The number of likely N-dealkylation sites (N-methyl/N-ethyl adjacent to an activating group) is 1. The van der Waals surface area contributed by atoms with Gasteiger partial charge in [0.2, 0.25) is 0 Å². The van der Waals surface area contributed by atoms with Crippen LogP contribution in [0.5, 0.6) is 0 Å². The van der Waals surface area contributed by atoms with E-state index in [0.29, 0.717) is 0 Å². The molecule has 1 atom stereocenters. The monoisotopic (exact) mass is 478 g/mol. The first-order chi connectivity index (χ1) is 9.97. The molecule has 0 fully saturated rings. The molecule has 2 heterocycles. The Labute approximate surface area is 150 Å². The SMILES string of the molecule is CCc1nn(C)c(CC(NC)c2ncc(Br)cc2Br)c1Br. The number of nitrogens with one attached hydrogen (secondary N) is 1. The topological polar surface area (TPSA) is 42.7 Å². The minimum absolute atomic E-state index is 0.115. The summed E-state index contributed by atoms with van der Waals surface area (Å²) in [6.45, 7) is 2.11. The van der Waals surface area contributed by atoms with Crippen molar-refractivity contribution in [1.82, 2.24) is 20.1 Å². The summed E-state index contributed by atoms with van der Waals surface area (Å²) in [6, 6.07) is 2.13. The van der Waals surface area contributed by atoms with Crippen molar-refractivity contribution in [2.24, 2.45) is 7.05 Å². The largest absolute Gasteiger partial charge is 0.311 e. The van der Waals surface area contributed by atoms with E-state index in [4.69, 9.17) is 0 Å². The molecule has 0 aliphatic rings. The van der Waals surface area contributed by atoms with Gasteiger partial charge in [0.25, 0.3) is 0 Å². The van der Waals surface area contributed by atoms with E-state index in [1.807, 2.05) is 31.0 Å². The van der Waals surface area contributed by atoms with Crippen LogP contribution in [0.4, 0.5) is 0 Å². The third-order valence-electron chi connectivity index (χ3n) is 3.42. The summed E-state index contributed by atoms with van der Waals surface area (Å²) >= 11 is 10.7. The zero-order valence-corrected chi connectivity index (χ0v) is 16.9. The maximum absolute atomic E-state index is 4.55. The van der Waals surface area contributed by atoms with Gasteiger partial charge in [0.05, 0.1) is 27.6 Å². The highest BCUT2D eigenvalue weighted by Gasteiger charge is 2.20. The molecular weight excluding hydrogens is 464 g/mol. The molecule has 0 aliphatic heterocycles. The third-order valence-corrected chi connectivity index (χ3v) is 5.40. The molecule has 0 spiro atoms. The standard InChI is InChI=1S/C14H17Br3N4/c1-4-10-13(17)12(21(3)20-10)6-11(18-2)14-9(16)5-8(15)7-19-14/h5,7,11,18H,4,6H2,1-3H3. The molecule has 21 heavy (non-hydrogen) atoms. The molecule has 0 aromatic carbocycles. The molecule has 2 aromatic heterocycles. The molecule has 2 rings (SSSR count). The number of nitrogens with zero attached hydrogens (tertiary/aromatic N) is 3. The molecule has 1 unspecified atom stereocenters. The Morgan fingerprint density at radius 2 is 2.05 bits per heavy atom. The van der Waals surface area contributed by atoms with E-state index in [1.54, 1.807) is 0 Å². The van der Waals surface area contributed by atoms with Gasteiger partial charge in [-0.05, 0) is 67.3 Å². The zero-order chi connectivity index (χ0) is 15.6. The number of aromatic nitrogens is 3. The fourth-order valence-corrected chi connectivity index (χ4v) is 4.29. The molecule has 0 radical (unpaired) electrons. The Bertz CT molecular complexity index is 639. The lowest BCUT2D eigenvalue weighted by Gasteiger charge is -2.17. The van der Waals surface area contributed by atoms with Crippen LogP contribution in [0.25, 0.3) is 0 Å². The van der Waals surface area contributed by atoms with Crippen molar-refractivity contribution in [2.45, 2.75) is 25.8 Å². The first-order valence-corrected chi connectivity index (χ1v) is 9.04. The van der Waals surface area contributed by atoms with Crippen LogP contribution in [-0.4, -0.2) is 21.8 Å². The summed E-state index contributed by atoms with van der Waals surface area (Å²) in [7, 11) is 3.93. The number of aryl methyl sites for hydroxylation is 2. The number of hydrogen-bond acceptors (Lipinski definition) is 3. The fraction of sp³-hybridized carbons (Fsp3) is 0.429. The van der Waals surface area contributed by atoms with Crippen LogP contribution in [0.2, 0.25) is 0 Å². The first kappa shape index (κ1) is 17.1. The van der Waals surface area contributed by atoms with E-state index in [0.717, 1.165) is 37.6 Å². The number of pyridine rings is 1. The quantitative estimate of drug-likeness (QED) is 0.698. The van der Waals surface area contributed by atoms with Crippen molar-refractivity contribution in [3.05, 3.63) is 42.8 Å². The third kappa shape index (κ3) is 3.75. The molecule has 0 bridgehead atoms. The van der Waals surface area contributed by atoms with E-state index in [1.165, 1.54) is 5.69 Å². The summed E-state index contributed by atoms with van der Waals surface area (Å²) < 4.78 is 4.99. The summed E-state index contributed by atoms with van der Waals surface area (Å²) in [5, 5.41) is 7.89. The van der Waals surface area contributed by atoms with Crippen LogP contribution in [0.3, 0.4) is 0 Å². The first-order valence-electron chi connectivity index (χ1n) is 6.66. The van der Waals surface area contributed by atoms with Gasteiger partial charge in [-0.1, -0.05) is 6.92 Å². The average molecular weight is 481 g/mol. The second-order valence-electron chi connectivity index (χ2n) is 4.75. The molecule has 7 heteroatoms. The van der Waals surface area contributed by atoms with Crippen LogP contribution in [-0.2, 0) is 19.9 Å². The van der Waals surface area contributed by atoms with E-state index < -0.39 is 0 Å². The Morgan fingerprint density at radius 1 is 1.33 bits per heavy atom. The van der Waals surface area contributed by atoms with Gasteiger partial charge in [-0.25, -0.2) is 0 Å². The maximum Gasteiger partial charge on any atom is 0.0766 e. The van der Waals surface area contributed by atoms with E-state index in [9.17, 15) is 0 Å². The van der Waals surface area contributed by atoms with Gasteiger partial charge in [0, 0.05) is 28.6 Å². The van der Waals surface area contributed by atoms with Crippen LogP contribution in [0.15, 0.2) is 25.7 Å². The van der Waals surface area contributed by atoms with Crippen LogP contribution >= 0.6 is 47.8 Å². The summed E-state index contributed by atoms with van der Waals surface area (Å²) in [6.07, 6.45) is 3.55. The maximum atomic E-state index is 4.55. The molecule has 1 N–H and O–H groups in total. The highest BCUT2D eigenvalue weighted by molar-refractivity contribution is 9.11. The predicted molar refractivity (Wildman–Crippen MR) is 95.4 cm³/mol. The Morgan fingerprint density at radius 3 is 2.57 bits per heavy atom. The Balaban J connectivity index is 2.33. The molecule has 2 aromatic rings. The summed E-state index contributed by atoms with van der Waals surface area (Å²) in [4.78, 5) is 4.53. The van der Waals surface area contributed by atoms with Crippen molar-refractivity contribution in [2.75, 3.05) is 7.05 Å². The Hall–Kier alpha value is -0.240. The lowest BCUT2D eigenvalue weighted by atomic mass is 10.1. The van der Waals surface area contributed by atoms with Gasteiger partial charge in [0.15, 0.2) is 0 Å². The minimum atomic E-state index is 0.115. The predicted octanol–water partition coefficient (Wildman–Crippen LogP) is 4.17. The smallest absolute Gasteiger partial charge is 0.0766 e. The highest BCUT2D eigenvalue weighted by Crippen LogP contribution is 2.30. The van der Waals surface area contributed by atoms with E-state index in [-0.39, 0.29) is 6.04 Å². The molecule has 0 saturated carbocycles. The second kappa shape index (κ2) is 7.35. The van der Waals surface area contributed by atoms with Crippen molar-refractivity contribution < 1.29 is 0 Å². The number of rotatable bonds is 5. The molecule has 114 valence electrons. The van der Waals surface area contributed by atoms with Crippen LogP contribution in [0, 0.1) is 0 Å². The highest BCUT2D eigenvalue weighted by atomic mass is 79.9. The molecular formula is C14H17Br3N4. The lowest BCUT2D eigenvalue weighted by molar-refractivity contribution is 0.545. The van der Waals surface area contributed by atoms with Crippen LogP contribution in [0.1, 0.15) is 30.0 Å². The molecule has 0 saturated heterocycles. The van der Waals surface area contributed by atoms with Crippen molar-refractivity contribution in [3.63, 3.8) is 0 Å². The number of hydrogen-bond donors (Lipinski definition) is 1. The molecule has 0 aliphatic carbocycles. The average Bonchev–Trinajstić information content (AvgIpc) is 2.72. The lowest BCUT2D eigenvalue weighted by Crippen LogP contribution is -2.22. The summed E-state index contributed by atoms with van der Waals surface area (Å²) in [5.74, 6) is 0. The number of halogens is 3. The van der Waals surface area contributed by atoms with Crippen molar-refractivity contribution >= 4 is 47.8 Å². The van der Waals surface area contributed by atoms with Gasteiger partial charge < -0.3 is 5.32 Å². The van der Waals surface area contributed by atoms with E-state index >= 15 is 0 Å². The second-order valence-corrected chi connectivity index (χ2v) is 7.31. The summed E-state index contributed by atoms with van der Waals surface area (Å²) in [5.41, 5.74) is 3.25. The fourth-order valence-electron chi connectivity index (χ4n) is 2.25. The van der Waals surface area contributed by atoms with Crippen molar-refractivity contribution in [1.29, 1.82) is 0 Å². The van der Waals surface area contributed by atoms with Gasteiger partial charge in [-0.15, -0.1) is 0 Å². The van der Waals surface area contributed by atoms with Gasteiger partial charge in [0.1, 0.15) is 0 Å². The molecule has 0 amide bonds. The zero-order valence-electron chi connectivity index (χ0n) is 12.1. The van der Waals surface area contributed by atoms with E-state index in [2.05, 4.69) is 70.1 Å².